The van der Waals surface area contributed by atoms with Crippen molar-refractivity contribution >= 4 is 39.9 Å². The molecule has 214 valence electrons. The third-order valence-corrected chi connectivity index (χ3v) is 7.47. The molecule has 0 spiro atoms. The van der Waals surface area contributed by atoms with Gasteiger partial charge in [0, 0.05) is 42.1 Å². The Morgan fingerprint density at radius 2 is 1.64 bits per heavy atom. The van der Waals surface area contributed by atoms with Gasteiger partial charge in [-0.2, -0.15) is 18.3 Å². The van der Waals surface area contributed by atoms with E-state index in [1.165, 1.54) is 18.3 Å². The maximum absolute atomic E-state index is 14.0. The normalized spacial score (nSPS) is 14.5. The van der Waals surface area contributed by atoms with E-state index in [4.69, 9.17) is 0 Å². The number of hydrogen-bond donors (Lipinski definition) is 2. The number of aromatic nitrogens is 3. The fraction of sp³-hybridized carbons (Fsp3) is 0.233. The third-order valence-electron chi connectivity index (χ3n) is 7.47. The number of alkyl halides is 3. The second-order valence-corrected chi connectivity index (χ2v) is 10.4. The minimum Gasteiger partial charge on any atom is -0.350 e. The summed E-state index contributed by atoms with van der Waals surface area (Å²) in [5.41, 5.74) is -0.921. The van der Waals surface area contributed by atoms with E-state index < -0.39 is 22.6 Å². The molecule has 0 radical (unpaired) electrons. The molecule has 42 heavy (non-hydrogen) atoms. The van der Waals surface area contributed by atoms with Crippen LogP contribution in [0.5, 0.6) is 0 Å². The molecule has 3 heterocycles. The van der Waals surface area contributed by atoms with Crippen molar-refractivity contribution in [3.63, 3.8) is 0 Å². The van der Waals surface area contributed by atoms with Crippen LogP contribution in [0.15, 0.2) is 70.5 Å². The van der Waals surface area contributed by atoms with Crippen LogP contribution in [-0.2, 0) is 13.2 Å². The zero-order chi connectivity index (χ0) is 29.6. The van der Waals surface area contributed by atoms with Crippen molar-refractivity contribution in [2.45, 2.75) is 6.18 Å². The van der Waals surface area contributed by atoms with Crippen LogP contribution in [-0.4, -0.2) is 63.7 Å². The summed E-state index contributed by atoms with van der Waals surface area (Å²) in [6.45, 7) is 2.77. The Labute approximate surface area is 238 Å². The van der Waals surface area contributed by atoms with Crippen LogP contribution in [0.25, 0.3) is 22.0 Å². The van der Waals surface area contributed by atoms with Gasteiger partial charge in [0.1, 0.15) is 11.4 Å². The predicted molar refractivity (Wildman–Crippen MR) is 156 cm³/mol. The Balaban J connectivity index is 1.26. The highest BCUT2D eigenvalue weighted by molar-refractivity contribution is 5.87. The molecule has 2 aromatic heterocycles. The van der Waals surface area contributed by atoms with E-state index in [0.29, 0.717) is 18.9 Å². The number of likely N-dealkylation sites (N-methyl/N-ethyl adjacent to an activating group) is 1. The van der Waals surface area contributed by atoms with Crippen LogP contribution in [0.1, 0.15) is 11.1 Å². The van der Waals surface area contributed by atoms with Gasteiger partial charge in [0.25, 0.3) is 10.9 Å². The van der Waals surface area contributed by atoms with E-state index >= 15 is 0 Å². The molecule has 1 aliphatic rings. The van der Waals surface area contributed by atoms with Crippen LogP contribution in [0.2, 0.25) is 0 Å². The number of pyridine rings is 1. The SMILES string of the molecule is CN1CC[N+](=Cc2ccc(Nc3c(Nc4cc(-c5ccc6ccncc6c5)n(C)n4)c(=O)c3=O)cc2C(F)(F)F)CC1. The maximum Gasteiger partial charge on any atom is 0.417 e. The quantitative estimate of drug-likeness (QED) is 0.233. The lowest BCUT2D eigenvalue weighted by Crippen LogP contribution is -2.40. The number of hydrogen-bond acceptors (Lipinski definition) is 7. The van der Waals surface area contributed by atoms with E-state index in [-0.39, 0.29) is 22.6 Å². The number of halogens is 3. The Hall–Kier alpha value is -4.84. The van der Waals surface area contributed by atoms with E-state index in [1.54, 1.807) is 30.2 Å². The van der Waals surface area contributed by atoms with Gasteiger partial charge in [-0.05, 0) is 42.8 Å². The lowest BCUT2D eigenvalue weighted by molar-refractivity contribution is -0.534. The summed E-state index contributed by atoms with van der Waals surface area (Å²) in [4.78, 5) is 31.2. The van der Waals surface area contributed by atoms with Crippen LogP contribution >= 0.6 is 0 Å². The molecule has 0 saturated carbocycles. The van der Waals surface area contributed by atoms with Crippen LogP contribution in [0.4, 0.5) is 36.1 Å². The molecule has 1 aliphatic heterocycles. The highest BCUT2D eigenvalue weighted by Gasteiger charge is 2.35. The van der Waals surface area contributed by atoms with E-state index in [2.05, 4.69) is 25.6 Å². The molecular weight excluding hydrogens is 547 g/mol. The molecule has 5 aromatic rings. The number of aryl methyl sites for hydroxylation is 1. The number of piperazine rings is 1. The summed E-state index contributed by atoms with van der Waals surface area (Å²) < 4.78 is 45.5. The number of benzene rings is 2. The van der Waals surface area contributed by atoms with Crippen molar-refractivity contribution in [3.05, 3.63) is 92.5 Å². The molecule has 12 heteroatoms. The van der Waals surface area contributed by atoms with Gasteiger partial charge in [-0.25, -0.2) is 4.58 Å². The standard InChI is InChI=1S/C30H26F3N7O2/c1-38-9-11-40(12-10-38)17-20-5-6-22(14-23(20)30(31,32)33)35-26-27(29(42)28(26)41)36-25-15-24(39(2)37-25)19-4-3-18-7-8-34-16-21(18)13-19/h3-8,13-17H,9-12H2,1-2H3,(H,36,37,41)/p+1. The predicted octanol–water partition coefficient (Wildman–Crippen LogP) is 4.11. The first kappa shape index (κ1) is 27.3. The van der Waals surface area contributed by atoms with Crippen LogP contribution in [0.3, 0.4) is 0 Å². The van der Waals surface area contributed by atoms with Crippen molar-refractivity contribution < 1.29 is 17.7 Å². The van der Waals surface area contributed by atoms with E-state index in [0.717, 1.165) is 41.2 Å². The minimum absolute atomic E-state index is 0.0337. The van der Waals surface area contributed by atoms with Gasteiger partial charge >= 0.3 is 6.18 Å². The van der Waals surface area contributed by atoms with E-state index in [9.17, 15) is 22.8 Å². The van der Waals surface area contributed by atoms with Gasteiger partial charge in [-0.15, -0.1) is 0 Å². The van der Waals surface area contributed by atoms with Crippen molar-refractivity contribution in [2.24, 2.45) is 7.05 Å². The van der Waals surface area contributed by atoms with Gasteiger partial charge in [0.05, 0.1) is 29.9 Å². The molecular formula is C30H27F3N7O2+. The smallest absolute Gasteiger partial charge is 0.350 e. The van der Waals surface area contributed by atoms with Crippen molar-refractivity contribution in [2.75, 3.05) is 43.9 Å². The lowest BCUT2D eigenvalue weighted by Gasteiger charge is -2.20. The first-order valence-corrected chi connectivity index (χ1v) is 13.3. The topological polar surface area (TPSA) is 95.2 Å². The minimum atomic E-state index is -4.62. The van der Waals surface area contributed by atoms with Gasteiger partial charge in [0.15, 0.2) is 25.1 Å². The third kappa shape index (κ3) is 5.28. The summed E-state index contributed by atoms with van der Waals surface area (Å²) in [6.07, 6.45) is 0.384. The average Bonchev–Trinajstić information content (AvgIpc) is 3.35. The summed E-state index contributed by atoms with van der Waals surface area (Å²) in [6, 6.07) is 13.3. The monoisotopic (exact) mass is 574 g/mol. The number of nitrogens with one attached hydrogen (secondary N) is 2. The Bertz CT molecular complexity index is 1910. The van der Waals surface area contributed by atoms with Gasteiger partial charge in [-0.1, -0.05) is 12.1 Å². The molecule has 2 N–H and O–H groups in total. The van der Waals surface area contributed by atoms with Gasteiger partial charge in [0.2, 0.25) is 0 Å². The number of anilines is 4. The largest absolute Gasteiger partial charge is 0.417 e. The Kier molecular flexibility index (Phi) is 6.85. The van der Waals surface area contributed by atoms with Crippen LogP contribution in [0, 0.1) is 0 Å². The van der Waals surface area contributed by atoms with Crippen molar-refractivity contribution in [3.8, 4) is 11.3 Å². The molecule has 0 unspecified atom stereocenters. The lowest BCUT2D eigenvalue weighted by atomic mass is 10.1. The Morgan fingerprint density at radius 1 is 0.905 bits per heavy atom. The number of rotatable bonds is 6. The van der Waals surface area contributed by atoms with Gasteiger partial charge in [-0.3, -0.25) is 24.2 Å². The van der Waals surface area contributed by atoms with Crippen molar-refractivity contribution in [1.29, 1.82) is 0 Å². The summed E-state index contributed by atoms with van der Waals surface area (Å²) in [5.74, 6) is 0.307. The average molecular weight is 575 g/mol. The zero-order valence-corrected chi connectivity index (χ0v) is 22.9. The Morgan fingerprint density at radius 3 is 2.38 bits per heavy atom. The summed E-state index contributed by atoms with van der Waals surface area (Å²) in [5, 5.41) is 12.0. The zero-order valence-electron chi connectivity index (χ0n) is 22.9. The molecule has 0 bridgehead atoms. The molecule has 1 saturated heterocycles. The summed E-state index contributed by atoms with van der Waals surface area (Å²) in [7, 11) is 3.72. The van der Waals surface area contributed by atoms with E-state index in [1.807, 2.05) is 35.9 Å². The molecule has 0 atom stereocenters. The van der Waals surface area contributed by atoms with Gasteiger partial charge < -0.3 is 10.6 Å². The number of fused-ring (bicyclic) bond motifs is 1. The second-order valence-electron chi connectivity index (χ2n) is 10.4. The highest BCUT2D eigenvalue weighted by Crippen LogP contribution is 2.35. The molecule has 9 nitrogen and oxygen atoms in total. The molecule has 0 aliphatic carbocycles. The number of nitrogens with zero attached hydrogens (tertiary/aromatic N) is 5. The first-order chi connectivity index (χ1) is 20.1. The van der Waals surface area contributed by atoms with Crippen molar-refractivity contribution in [1.82, 2.24) is 19.7 Å². The second kappa shape index (κ2) is 10.5. The molecule has 0 amide bonds. The molecule has 3 aromatic carbocycles. The fourth-order valence-corrected chi connectivity index (χ4v) is 5.09. The first-order valence-electron chi connectivity index (χ1n) is 13.3. The fourth-order valence-electron chi connectivity index (χ4n) is 5.09. The van der Waals surface area contributed by atoms with Crippen LogP contribution < -0.4 is 21.5 Å². The summed E-state index contributed by atoms with van der Waals surface area (Å²) >= 11 is 0. The maximum atomic E-state index is 14.0. The highest BCUT2D eigenvalue weighted by atomic mass is 19.4. The molecule has 1 fully saturated rings. The molecule has 6 rings (SSSR count).